The third-order valence-electron chi connectivity index (χ3n) is 4.39. The van der Waals surface area contributed by atoms with Crippen LogP contribution in [-0.4, -0.2) is 32.6 Å². The van der Waals surface area contributed by atoms with Gasteiger partial charge in [-0.1, -0.05) is 12.8 Å². The summed E-state index contributed by atoms with van der Waals surface area (Å²) in [6.45, 7) is 1.85. The van der Waals surface area contributed by atoms with E-state index >= 15 is 0 Å². The molecule has 25 heavy (non-hydrogen) atoms. The van der Waals surface area contributed by atoms with Crippen LogP contribution in [0.2, 0.25) is 0 Å². The van der Waals surface area contributed by atoms with E-state index in [1.807, 2.05) is 6.92 Å². The average Bonchev–Trinajstić information content (AvgIpc) is 3.29. The second kappa shape index (κ2) is 7.92. The molecule has 2 N–H and O–H groups in total. The predicted molar refractivity (Wildman–Crippen MR) is 94.2 cm³/mol. The highest BCUT2D eigenvalue weighted by Crippen LogP contribution is 2.24. The van der Waals surface area contributed by atoms with Crippen molar-refractivity contribution in [3.63, 3.8) is 0 Å². The minimum atomic E-state index is -0.210. The van der Waals surface area contributed by atoms with Crippen molar-refractivity contribution in [3.05, 3.63) is 36.8 Å². The monoisotopic (exact) mass is 341 g/mol. The maximum Gasteiger partial charge on any atom is 0.226 e. The molecule has 3 rings (SSSR count). The highest BCUT2D eigenvalue weighted by molar-refractivity contribution is 5.93. The van der Waals surface area contributed by atoms with Crippen LogP contribution in [-0.2, 0) is 9.59 Å². The molecule has 132 valence electrons. The SMILES string of the molecule is C[C@@H](CC(=O)Nc1cccnc1-n1cccn1)NC(=O)C1CCCC1. The van der Waals surface area contributed by atoms with Gasteiger partial charge in [-0.3, -0.25) is 9.59 Å². The van der Waals surface area contributed by atoms with Gasteiger partial charge in [0, 0.05) is 37.0 Å². The highest BCUT2D eigenvalue weighted by Gasteiger charge is 2.24. The average molecular weight is 341 g/mol. The molecule has 0 aromatic carbocycles. The van der Waals surface area contributed by atoms with Crippen molar-refractivity contribution >= 4 is 17.5 Å². The zero-order valence-corrected chi connectivity index (χ0v) is 14.3. The molecule has 2 aromatic heterocycles. The van der Waals surface area contributed by atoms with Gasteiger partial charge in [-0.25, -0.2) is 9.67 Å². The Morgan fingerprint density at radius 2 is 2.08 bits per heavy atom. The van der Waals surface area contributed by atoms with Gasteiger partial charge in [-0.05, 0) is 38.0 Å². The summed E-state index contributed by atoms with van der Waals surface area (Å²) < 4.78 is 1.60. The van der Waals surface area contributed by atoms with Crippen molar-refractivity contribution in [3.8, 4) is 5.82 Å². The van der Waals surface area contributed by atoms with E-state index < -0.39 is 0 Å². The van der Waals surface area contributed by atoms with E-state index in [4.69, 9.17) is 0 Å². The third kappa shape index (κ3) is 4.43. The number of aromatic nitrogens is 3. The number of rotatable bonds is 6. The molecule has 7 heteroatoms. The lowest BCUT2D eigenvalue weighted by molar-refractivity contribution is -0.125. The van der Waals surface area contributed by atoms with Crippen LogP contribution in [0.3, 0.4) is 0 Å². The van der Waals surface area contributed by atoms with Crippen molar-refractivity contribution in [1.29, 1.82) is 0 Å². The highest BCUT2D eigenvalue weighted by atomic mass is 16.2. The molecule has 2 heterocycles. The molecule has 2 amide bonds. The topological polar surface area (TPSA) is 88.9 Å². The largest absolute Gasteiger partial charge is 0.353 e. The van der Waals surface area contributed by atoms with Crippen LogP contribution < -0.4 is 10.6 Å². The number of hydrogen-bond acceptors (Lipinski definition) is 4. The Morgan fingerprint density at radius 1 is 1.28 bits per heavy atom. The number of amides is 2. The maximum absolute atomic E-state index is 12.3. The number of pyridine rings is 1. The van der Waals surface area contributed by atoms with E-state index in [1.54, 1.807) is 41.5 Å². The van der Waals surface area contributed by atoms with Gasteiger partial charge in [0.05, 0.1) is 5.69 Å². The number of nitrogens with zero attached hydrogens (tertiary/aromatic N) is 3. The fourth-order valence-corrected chi connectivity index (χ4v) is 3.15. The molecule has 0 aliphatic heterocycles. The van der Waals surface area contributed by atoms with Crippen LogP contribution in [0.5, 0.6) is 0 Å². The van der Waals surface area contributed by atoms with E-state index in [-0.39, 0.29) is 30.2 Å². The number of hydrogen-bond donors (Lipinski definition) is 2. The third-order valence-corrected chi connectivity index (χ3v) is 4.39. The molecule has 0 saturated heterocycles. The van der Waals surface area contributed by atoms with E-state index in [2.05, 4.69) is 20.7 Å². The summed E-state index contributed by atoms with van der Waals surface area (Å²) in [7, 11) is 0. The molecule has 0 spiro atoms. The molecule has 1 fully saturated rings. The number of nitrogens with one attached hydrogen (secondary N) is 2. The molecule has 1 atom stereocenters. The van der Waals surface area contributed by atoms with E-state index in [9.17, 15) is 9.59 Å². The molecule has 1 aliphatic rings. The molecule has 0 bridgehead atoms. The maximum atomic E-state index is 12.3. The smallest absolute Gasteiger partial charge is 0.226 e. The Labute approximate surface area is 146 Å². The summed E-state index contributed by atoms with van der Waals surface area (Å²) in [6, 6.07) is 5.12. The van der Waals surface area contributed by atoms with E-state index in [0.717, 1.165) is 25.7 Å². The van der Waals surface area contributed by atoms with Crippen molar-refractivity contribution in [2.24, 2.45) is 5.92 Å². The van der Waals surface area contributed by atoms with Gasteiger partial charge in [0.2, 0.25) is 11.8 Å². The first-order valence-electron chi connectivity index (χ1n) is 8.69. The van der Waals surface area contributed by atoms with Gasteiger partial charge in [-0.2, -0.15) is 5.10 Å². The number of carbonyl (C=O) groups is 2. The molecule has 1 saturated carbocycles. The van der Waals surface area contributed by atoms with Crippen LogP contribution in [0.1, 0.15) is 39.0 Å². The summed E-state index contributed by atoms with van der Waals surface area (Å²) in [5.41, 5.74) is 0.588. The molecular weight excluding hydrogens is 318 g/mol. The van der Waals surface area contributed by atoms with Gasteiger partial charge in [0.25, 0.3) is 0 Å². The molecule has 7 nitrogen and oxygen atoms in total. The standard InChI is InChI=1S/C18H23N5O2/c1-13(21-18(25)14-6-2-3-7-14)12-16(24)22-15-8-4-9-19-17(15)23-11-5-10-20-23/h4-5,8-11,13-14H,2-3,6-7,12H2,1H3,(H,21,25)(H,22,24)/t13-/m0/s1. The van der Waals surface area contributed by atoms with Crippen molar-refractivity contribution in [2.45, 2.75) is 45.1 Å². The fraction of sp³-hybridized carbons (Fsp3) is 0.444. The van der Waals surface area contributed by atoms with E-state index in [1.165, 1.54) is 0 Å². The van der Waals surface area contributed by atoms with Crippen LogP contribution in [0.25, 0.3) is 5.82 Å². The minimum absolute atomic E-state index is 0.0661. The predicted octanol–water partition coefficient (Wildman–Crippen LogP) is 2.29. The van der Waals surface area contributed by atoms with Crippen molar-refractivity contribution in [2.75, 3.05) is 5.32 Å². The Bertz CT molecular complexity index is 723. The van der Waals surface area contributed by atoms with Crippen LogP contribution in [0.4, 0.5) is 5.69 Å². The quantitative estimate of drug-likeness (QED) is 0.844. The normalized spacial score (nSPS) is 15.7. The summed E-state index contributed by atoms with van der Waals surface area (Å²) >= 11 is 0. The minimum Gasteiger partial charge on any atom is -0.353 e. The summed E-state index contributed by atoms with van der Waals surface area (Å²) in [4.78, 5) is 28.7. The van der Waals surface area contributed by atoms with E-state index in [0.29, 0.717) is 11.5 Å². The summed E-state index contributed by atoms with van der Waals surface area (Å²) in [5.74, 6) is 0.566. The lowest BCUT2D eigenvalue weighted by Crippen LogP contribution is -2.38. The van der Waals surface area contributed by atoms with Gasteiger partial charge in [0.1, 0.15) is 0 Å². The van der Waals surface area contributed by atoms with Gasteiger partial charge in [-0.15, -0.1) is 0 Å². The molecule has 1 aliphatic carbocycles. The molecular formula is C18H23N5O2. The Morgan fingerprint density at radius 3 is 2.80 bits per heavy atom. The first kappa shape index (κ1) is 17.1. The molecule has 0 radical (unpaired) electrons. The first-order valence-corrected chi connectivity index (χ1v) is 8.69. The fourth-order valence-electron chi connectivity index (χ4n) is 3.15. The van der Waals surface area contributed by atoms with Crippen LogP contribution >= 0.6 is 0 Å². The lowest BCUT2D eigenvalue weighted by Gasteiger charge is -2.17. The number of anilines is 1. The lowest BCUT2D eigenvalue weighted by atomic mass is 10.1. The Balaban J connectivity index is 1.57. The van der Waals surface area contributed by atoms with Crippen LogP contribution in [0.15, 0.2) is 36.8 Å². The second-order valence-corrected chi connectivity index (χ2v) is 6.47. The van der Waals surface area contributed by atoms with Crippen LogP contribution in [0, 0.1) is 5.92 Å². The Hall–Kier alpha value is -2.70. The van der Waals surface area contributed by atoms with Crippen molar-refractivity contribution in [1.82, 2.24) is 20.1 Å². The van der Waals surface area contributed by atoms with Gasteiger partial charge in [0.15, 0.2) is 5.82 Å². The van der Waals surface area contributed by atoms with Gasteiger partial charge < -0.3 is 10.6 Å². The van der Waals surface area contributed by atoms with Gasteiger partial charge >= 0.3 is 0 Å². The number of carbonyl (C=O) groups excluding carboxylic acids is 2. The summed E-state index contributed by atoms with van der Waals surface area (Å²) in [6.07, 6.45) is 9.42. The molecule has 2 aromatic rings. The summed E-state index contributed by atoms with van der Waals surface area (Å²) in [5, 5.41) is 9.95. The second-order valence-electron chi connectivity index (χ2n) is 6.47. The Kier molecular flexibility index (Phi) is 5.42. The molecule has 0 unspecified atom stereocenters. The first-order chi connectivity index (χ1) is 12.1. The van der Waals surface area contributed by atoms with Crippen molar-refractivity contribution < 1.29 is 9.59 Å². The zero-order chi connectivity index (χ0) is 17.6. The zero-order valence-electron chi connectivity index (χ0n) is 14.3.